The molecule has 3 aliphatic rings. The Hall–Kier alpha value is -1.92. The highest BCUT2D eigenvalue weighted by atomic mass is 32.1. The van der Waals surface area contributed by atoms with Crippen molar-refractivity contribution in [3.05, 3.63) is 46.4 Å². The molecule has 27 heavy (non-hydrogen) atoms. The highest BCUT2D eigenvalue weighted by Crippen LogP contribution is 2.55. The SMILES string of the molecule is Cc1cc(N2C[C@@H]3[C@H](CNC(=O)Cc4cccs4)[C@H]4CC[C@]3(C2)O4)ccn1. The molecule has 0 saturated carbocycles. The molecular weight excluding hydrogens is 358 g/mol. The van der Waals surface area contributed by atoms with Gasteiger partial charge >= 0.3 is 0 Å². The van der Waals surface area contributed by atoms with Crippen LogP contribution in [0.4, 0.5) is 5.69 Å². The number of fused-ring (bicyclic) bond motifs is 1. The van der Waals surface area contributed by atoms with Gasteiger partial charge in [-0.1, -0.05) is 6.07 Å². The van der Waals surface area contributed by atoms with Crippen molar-refractivity contribution in [3.8, 4) is 0 Å². The van der Waals surface area contributed by atoms with Crippen molar-refractivity contribution in [1.82, 2.24) is 10.3 Å². The first kappa shape index (κ1) is 17.2. The fraction of sp³-hybridized carbons (Fsp3) is 0.524. The fourth-order valence-corrected chi connectivity index (χ4v) is 5.96. The van der Waals surface area contributed by atoms with Crippen LogP contribution in [0.1, 0.15) is 23.4 Å². The van der Waals surface area contributed by atoms with E-state index in [4.69, 9.17) is 4.74 Å². The topological polar surface area (TPSA) is 54.5 Å². The molecule has 3 aliphatic heterocycles. The Bertz CT molecular complexity index is 840. The maximum absolute atomic E-state index is 12.3. The summed E-state index contributed by atoms with van der Waals surface area (Å²) in [4.78, 5) is 20.2. The molecule has 2 aromatic heterocycles. The van der Waals surface area contributed by atoms with Crippen LogP contribution in [-0.4, -0.2) is 42.2 Å². The van der Waals surface area contributed by atoms with E-state index in [1.165, 1.54) is 5.69 Å². The summed E-state index contributed by atoms with van der Waals surface area (Å²) in [6, 6.07) is 8.26. The number of nitrogens with one attached hydrogen (secondary N) is 1. The van der Waals surface area contributed by atoms with Crippen molar-refractivity contribution in [2.75, 3.05) is 24.5 Å². The molecule has 0 aromatic carbocycles. The predicted octanol–water partition coefficient (Wildman–Crippen LogP) is 2.79. The zero-order valence-corrected chi connectivity index (χ0v) is 16.4. The standard InChI is InChI=1S/C21H25N3O2S/c1-14-9-15(5-7-22-14)24-12-18-17(19-4-6-21(18,13-24)26-19)11-23-20(25)10-16-3-2-8-27-16/h2-3,5,7-9,17-19H,4,6,10-13H2,1H3,(H,23,25)/t17-,18+,19+,21+/m0/s1. The minimum Gasteiger partial charge on any atom is -0.369 e. The van der Waals surface area contributed by atoms with Crippen LogP contribution in [0.15, 0.2) is 35.8 Å². The average molecular weight is 384 g/mol. The number of aromatic nitrogens is 1. The van der Waals surface area contributed by atoms with Gasteiger partial charge in [0.2, 0.25) is 5.91 Å². The number of amides is 1. The number of rotatable bonds is 5. The van der Waals surface area contributed by atoms with E-state index in [-0.39, 0.29) is 11.5 Å². The van der Waals surface area contributed by atoms with Crippen LogP contribution < -0.4 is 10.2 Å². The highest BCUT2D eigenvalue weighted by Gasteiger charge is 2.62. The van der Waals surface area contributed by atoms with E-state index in [1.807, 2.05) is 30.6 Å². The minimum atomic E-state index is -0.0228. The minimum absolute atomic E-state index is 0.0228. The molecule has 5 rings (SSSR count). The van der Waals surface area contributed by atoms with Crippen LogP contribution in [-0.2, 0) is 16.0 Å². The fourth-order valence-electron chi connectivity index (χ4n) is 5.25. The summed E-state index contributed by atoms with van der Waals surface area (Å²) >= 11 is 1.64. The smallest absolute Gasteiger partial charge is 0.225 e. The van der Waals surface area contributed by atoms with Gasteiger partial charge in [-0.2, -0.15) is 0 Å². The molecule has 2 bridgehead atoms. The Morgan fingerprint density at radius 3 is 3.22 bits per heavy atom. The van der Waals surface area contributed by atoms with E-state index in [1.54, 1.807) is 11.3 Å². The van der Waals surface area contributed by atoms with Gasteiger partial charge in [0.25, 0.3) is 0 Å². The summed E-state index contributed by atoms with van der Waals surface area (Å²) in [7, 11) is 0. The summed E-state index contributed by atoms with van der Waals surface area (Å²) in [5.74, 6) is 1.03. The Labute approximate surface area is 163 Å². The average Bonchev–Trinajstić information content (AvgIpc) is 3.41. The number of aryl methyl sites for hydroxylation is 1. The van der Waals surface area contributed by atoms with Crippen LogP contribution in [0, 0.1) is 18.8 Å². The van der Waals surface area contributed by atoms with Gasteiger partial charge in [-0.3, -0.25) is 9.78 Å². The van der Waals surface area contributed by atoms with Crippen molar-refractivity contribution < 1.29 is 9.53 Å². The summed E-state index contributed by atoms with van der Waals surface area (Å²) in [5, 5.41) is 5.20. The number of thiophene rings is 1. The van der Waals surface area contributed by atoms with Crippen LogP contribution in [0.2, 0.25) is 0 Å². The van der Waals surface area contributed by atoms with E-state index in [9.17, 15) is 4.79 Å². The molecule has 2 aromatic rings. The van der Waals surface area contributed by atoms with E-state index in [0.29, 0.717) is 24.4 Å². The summed E-state index contributed by atoms with van der Waals surface area (Å²) in [6.07, 6.45) is 4.93. The molecule has 5 nitrogen and oxygen atoms in total. The van der Waals surface area contributed by atoms with Crippen molar-refractivity contribution in [2.45, 2.75) is 37.9 Å². The highest BCUT2D eigenvalue weighted by molar-refractivity contribution is 7.10. The quantitative estimate of drug-likeness (QED) is 0.863. The second-order valence-electron chi connectivity index (χ2n) is 8.13. The van der Waals surface area contributed by atoms with Crippen LogP contribution >= 0.6 is 11.3 Å². The van der Waals surface area contributed by atoms with Crippen LogP contribution in [0.5, 0.6) is 0 Å². The second-order valence-corrected chi connectivity index (χ2v) is 9.16. The van der Waals surface area contributed by atoms with E-state index in [0.717, 1.165) is 43.0 Å². The Kier molecular flexibility index (Phi) is 4.20. The predicted molar refractivity (Wildman–Crippen MR) is 106 cm³/mol. The molecule has 0 radical (unpaired) electrons. The van der Waals surface area contributed by atoms with E-state index in [2.05, 4.69) is 27.3 Å². The van der Waals surface area contributed by atoms with Crippen molar-refractivity contribution >= 4 is 22.9 Å². The molecule has 6 heteroatoms. The monoisotopic (exact) mass is 383 g/mol. The maximum Gasteiger partial charge on any atom is 0.225 e. The number of pyridine rings is 1. The number of ether oxygens (including phenoxy) is 1. The van der Waals surface area contributed by atoms with Crippen LogP contribution in [0.3, 0.4) is 0 Å². The summed E-state index contributed by atoms with van der Waals surface area (Å²) in [5.41, 5.74) is 2.26. The molecule has 142 valence electrons. The van der Waals surface area contributed by atoms with Gasteiger partial charge < -0.3 is 15.0 Å². The summed E-state index contributed by atoms with van der Waals surface area (Å²) < 4.78 is 6.51. The van der Waals surface area contributed by atoms with Gasteiger partial charge in [-0.25, -0.2) is 0 Å². The first-order valence-corrected chi connectivity index (χ1v) is 10.7. The third-order valence-electron chi connectivity index (χ3n) is 6.48. The second kappa shape index (κ2) is 6.60. The van der Waals surface area contributed by atoms with Crippen molar-refractivity contribution in [1.29, 1.82) is 0 Å². The molecule has 5 heterocycles. The van der Waals surface area contributed by atoms with Crippen LogP contribution in [0.25, 0.3) is 0 Å². The largest absolute Gasteiger partial charge is 0.369 e. The number of hydrogen-bond donors (Lipinski definition) is 1. The molecule has 3 fully saturated rings. The van der Waals surface area contributed by atoms with Gasteiger partial charge in [0, 0.05) is 53.9 Å². The third-order valence-corrected chi connectivity index (χ3v) is 7.36. The zero-order valence-electron chi connectivity index (χ0n) is 15.6. The van der Waals surface area contributed by atoms with Gasteiger partial charge in [0.1, 0.15) is 0 Å². The molecule has 0 unspecified atom stereocenters. The van der Waals surface area contributed by atoms with Crippen molar-refractivity contribution in [3.63, 3.8) is 0 Å². The lowest BCUT2D eigenvalue weighted by molar-refractivity contribution is -0.120. The Morgan fingerprint density at radius 2 is 2.41 bits per heavy atom. The van der Waals surface area contributed by atoms with Gasteiger partial charge in [-0.05, 0) is 43.3 Å². The summed E-state index contributed by atoms with van der Waals surface area (Å²) in [6.45, 7) is 4.72. The maximum atomic E-state index is 12.3. The Morgan fingerprint density at radius 1 is 1.48 bits per heavy atom. The van der Waals surface area contributed by atoms with Gasteiger partial charge in [0.15, 0.2) is 0 Å². The lowest BCUT2D eigenvalue weighted by Crippen LogP contribution is -2.42. The molecule has 1 spiro atoms. The number of hydrogen-bond acceptors (Lipinski definition) is 5. The third kappa shape index (κ3) is 3.05. The van der Waals surface area contributed by atoms with Gasteiger partial charge in [-0.15, -0.1) is 11.3 Å². The molecule has 1 N–H and O–H groups in total. The Balaban J connectivity index is 1.26. The molecule has 0 aliphatic carbocycles. The zero-order chi connectivity index (χ0) is 18.4. The number of nitrogens with zero attached hydrogens (tertiary/aromatic N) is 2. The molecule has 4 atom stereocenters. The number of carbonyl (C=O) groups excluding carboxylic acids is 1. The van der Waals surface area contributed by atoms with Crippen molar-refractivity contribution in [2.24, 2.45) is 11.8 Å². The normalized spacial score (nSPS) is 31.3. The number of carbonyl (C=O) groups is 1. The molecule has 3 saturated heterocycles. The lowest BCUT2D eigenvalue weighted by atomic mass is 9.73. The molecular formula is C21H25N3O2S. The molecule has 1 amide bonds. The first-order valence-electron chi connectivity index (χ1n) is 9.77. The lowest BCUT2D eigenvalue weighted by Gasteiger charge is -2.29. The number of anilines is 1. The first-order chi connectivity index (χ1) is 13.1. The van der Waals surface area contributed by atoms with E-state index < -0.39 is 0 Å². The van der Waals surface area contributed by atoms with Gasteiger partial charge in [0.05, 0.1) is 18.1 Å². The van der Waals surface area contributed by atoms with E-state index >= 15 is 0 Å².